The van der Waals surface area contributed by atoms with Crippen molar-refractivity contribution in [2.24, 2.45) is 0 Å². The summed E-state index contributed by atoms with van der Waals surface area (Å²) in [5.74, 6) is 0. The van der Waals surface area contributed by atoms with Crippen LogP contribution in [0.1, 0.15) is 22.3 Å². The van der Waals surface area contributed by atoms with Crippen LogP contribution in [-0.2, 0) is 5.41 Å². The van der Waals surface area contributed by atoms with E-state index in [9.17, 15) is 0 Å². The van der Waals surface area contributed by atoms with Gasteiger partial charge in [-0.25, -0.2) is 0 Å². The summed E-state index contributed by atoms with van der Waals surface area (Å²) in [7, 11) is 0. The Hall–Kier alpha value is -7.46. The number of benzene rings is 9. The summed E-state index contributed by atoms with van der Waals surface area (Å²) in [5, 5.41) is 1.33. The van der Waals surface area contributed by atoms with Gasteiger partial charge in [-0.1, -0.05) is 146 Å². The molecule has 1 spiro atoms. The Morgan fingerprint density at radius 2 is 0.767 bits per heavy atom. The zero-order valence-corrected chi connectivity index (χ0v) is 33.6. The zero-order valence-electron chi connectivity index (χ0n) is 32.7. The predicted octanol–water partition coefficient (Wildman–Crippen LogP) is 15.9. The van der Waals surface area contributed by atoms with Crippen LogP contribution in [0.25, 0.3) is 42.8 Å². The molecule has 1 heterocycles. The first kappa shape index (κ1) is 34.6. The Balaban J connectivity index is 1.07. The monoisotopic (exact) mass is 782 g/mol. The normalized spacial score (nSPS) is 14.4. The molecule has 10 aromatic rings. The van der Waals surface area contributed by atoms with Gasteiger partial charge in [0.1, 0.15) is 0 Å². The van der Waals surface area contributed by atoms with Crippen molar-refractivity contribution in [1.29, 1.82) is 0 Å². The number of anilines is 6. The second-order valence-electron chi connectivity index (χ2n) is 15.6. The third-order valence-electron chi connectivity index (χ3n) is 12.4. The van der Waals surface area contributed by atoms with E-state index >= 15 is 0 Å². The minimum Gasteiger partial charge on any atom is -0.311 e. The lowest BCUT2D eigenvalue weighted by Crippen LogP contribution is -2.26. The first-order valence-corrected chi connectivity index (χ1v) is 21.4. The Kier molecular flexibility index (Phi) is 7.97. The van der Waals surface area contributed by atoms with E-state index in [2.05, 4.69) is 240 Å². The summed E-state index contributed by atoms with van der Waals surface area (Å²) < 4.78 is 1.32. The molecule has 0 saturated carbocycles. The van der Waals surface area contributed by atoms with E-state index in [0.717, 1.165) is 34.1 Å². The van der Waals surface area contributed by atoms with Gasteiger partial charge >= 0.3 is 0 Å². The smallest absolute Gasteiger partial charge is 0.0741 e. The van der Waals surface area contributed by atoms with E-state index in [4.69, 9.17) is 0 Å². The third-order valence-corrected chi connectivity index (χ3v) is 13.6. The zero-order chi connectivity index (χ0) is 39.6. The lowest BCUT2D eigenvalue weighted by molar-refractivity contribution is 0.803. The average Bonchev–Trinajstić information content (AvgIpc) is 3.94. The first-order valence-electron chi connectivity index (χ1n) is 20.6. The highest BCUT2D eigenvalue weighted by Gasteiger charge is 2.53. The van der Waals surface area contributed by atoms with Crippen LogP contribution < -0.4 is 9.80 Å². The molecule has 0 aliphatic heterocycles. The summed E-state index contributed by atoms with van der Waals surface area (Å²) in [5.41, 5.74) is 18.0. The largest absolute Gasteiger partial charge is 0.311 e. The Morgan fingerprint density at radius 3 is 1.40 bits per heavy atom. The highest BCUT2D eigenvalue weighted by atomic mass is 32.1. The van der Waals surface area contributed by atoms with Gasteiger partial charge in [-0.15, -0.1) is 11.3 Å². The summed E-state index contributed by atoms with van der Waals surface area (Å²) in [6.45, 7) is 0. The lowest BCUT2D eigenvalue weighted by atomic mass is 9.69. The topological polar surface area (TPSA) is 6.48 Å². The van der Waals surface area contributed by atoms with Gasteiger partial charge in [0.15, 0.2) is 0 Å². The summed E-state index contributed by atoms with van der Waals surface area (Å²) in [6.07, 6.45) is 0. The molecule has 0 bridgehead atoms. The van der Waals surface area contributed by atoms with Crippen LogP contribution in [0.3, 0.4) is 0 Å². The van der Waals surface area contributed by atoms with E-state index in [1.807, 2.05) is 11.3 Å². The van der Waals surface area contributed by atoms with Crippen molar-refractivity contribution in [3.8, 4) is 32.7 Å². The molecular weight excluding hydrogens is 745 g/mol. The summed E-state index contributed by atoms with van der Waals surface area (Å²) in [4.78, 5) is 6.08. The van der Waals surface area contributed by atoms with Crippen LogP contribution in [0.5, 0.6) is 0 Å². The maximum absolute atomic E-state index is 2.50. The molecule has 2 nitrogen and oxygen atoms in total. The molecule has 1 atom stereocenters. The second kappa shape index (κ2) is 13.8. The Labute approximate surface area is 354 Å². The molecule has 0 amide bonds. The van der Waals surface area contributed by atoms with Gasteiger partial charge in [0.2, 0.25) is 0 Å². The van der Waals surface area contributed by atoms with Crippen molar-refractivity contribution in [3.05, 3.63) is 253 Å². The van der Waals surface area contributed by atoms with E-state index in [1.54, 1.807) is 0 Å². The average molecular weight is 783 g/mol. The standard InChI is InChI=1S/C57H38N2S/c1-5-17-41(18-6-1)58(42-19-7-2-8-20-42)45-32-29-39(30-33-45)40-31-35-48-47-25-13-15-27-51(47)57(52(48)37-40)53-38-46(59(43-21-9-3-10-22-43)44-23-11-4-12-24-44)34-36-49(53)56-55(57)50-26-14-16-28-54(50)60-56/h1-38H. The fraction of sp³-hybridized carbons (Fsp3) is 0.0175. The minimum absolute atomic E-state index is 0.515. The van der Waals surface area contributed by atoms with Crippen molar-refractivity contribution < 1.29 is 0 Å². The van der Waals surface area contributed by atoms with Crippen molar-refractivity contribution in [1.82, 2.24) is 0 Å². The number of thiophene rings is 1. The van der Waals surface area contributed by atoms with Gasteiger partial charge in [-0.05, 0) is 140 Å². The molecule has 0 radical (unpaired) electrons. The fourth-order valence-corrected chi connectivity index (χ4v) is 11.2. The molecule has 9 aromatic carbocycles. The molecule has 0 saturated heterocycles. The molecule has 2 aliphatic carbocycles. The molecule has 1 aromatic heterocycles. The molecular formula is C57H38N2S. The van der Waals surface area contributed by atoms with E-state index < -0.39 is 5.41 Å². The van der Waals surface area contributed by atoms with Crippen molar-refractivity contribution in [2.75, 3.05) is 9.80 Å². The summed E-state index contributed by atoms with van der Waals surface area (Å²) >= 11 is 1.93. The third kappa shape index (κ3) is 5.19. The minimum atomic E-state index is -0.515. The number of hydrogen-bond donors (Lipinski definition) is 0. The van der Waals surface area contributed by atoms with E-state index in [-0.39, 0.29) is 0 Å². The van der Waals surface area contributed by atoms with E-state index in [1.165, 1.54) is 65.0 Å². The fourth-order valence-electron chi connectivity index (χ4n) is 9.95. The highest BCUT2D eigenvalue weighted by Crippen LogP contribution is 2.66. The van der Waals surface area contributed by atoms with Gasteiger partial charge < -0.3 is 9.80 Å². The number of fused-ring (bicyclic) bond motifs is 12. The molecule has 12 rings (SSSR count). The van der Waals surface area contributed by atoms with Gasteiger partial charge in [0.25, 0.3) is 0 Å². The Bertz CT molecular complexity index is 3110. The molecule has 0 N–H and O–H groups in total. The number of para-hydroxylation sites is 4. The molecule has 1 unspecified atom stereocenters. The second-order valence-corrected chi connectivity index (χ2v) is 16.7. The van der Waals surface area contributed by atoms with Gasteiger partial charge in [0.05, 0.1) is 5.41 Å². The molecule has 60 heavy (non-hydrogen) atoms. The van der Waals surface area contributed by atoms with Crippen LogP contribution in [-0.4, -0.2) is 0 Å². The van der Waals surface area contributed by atoms with Gasteiger partial charge in [0, 0.05) is 43.7 Å². The van der Waals surface area contributed by atoms with Crippen LogP contribution in [0.15, 0.2) is 231 Å². The molecule has 3 heteroatoms. The maximum Gasteiger partial charge on any atom is 0.0741 e. The number of nitrogens with zero attached hydrogens (tertiary/aromatic N) is 2. The number of rotatable bonds is 7. The van der Waals surface area contributed by atoms with Crippen LogP contribution in [0, 0.1) is 0 Å². The quantitative estimate of drug-likeness (QED) is 0.159. The summed E-state index contributed by atoms with van der Waals surface area (Å²) in [6, 6.07) is 84.4. The molecule has 0 fully saturated rings. The van der Waals surface area contributed by atoms with E-state index in [0.29, 0.717) is 0 Å². The first-order chi connectivity index (χ1) is 29.8. The van der Waals surface area contributed by atoms with Gasteiger partial charge in [-0.2, -0.15) is 0 Å². The van der Waals surface area contributed by atoms with Crippen LogP contribution >= 0.6 is 11.3 Å². The SMILES string of the molecule is c1ccc(N(c2ccccc2)c2ccc(-c3ccc4c(c3)C3(c5ccccc5-4)c4cc(N(c5ccccc5)c5ccccc5)ccc4-c4sc5ccccc5c43)cc2)cc1. The van der Waals surface area contributed by atoms with Crippen molar-refractivity contribution >= 4 is 55.5 Å². The predicted molar refractivity (Wildman–Crippen MR) is 253 cm³/mol. The number of hydrogen-bond acceptors (Lipinski definition) is 3. The van der Waals surface area contributed by atoms with Crippen LogP contribution in [0.4, 0.5) is 34.1 Å². The van der Waals surface area contributed by atoms with Crippen LogP contribution in [0.2, 0.25) is 0 Å². The van der Waals surface area contributed by atoms with Crippen molar-refractivity contribution in [3.63, 3.8) is 0 Å². The Morgan fingerprint density at radius 1 is 0.317 bits per heavy atom. The van der Waals surface area contributed by atoms with Crippen molar-refractivity contribution in [2.45, 2.75) is 5.41 Å². The maximum atomic E-state index is 2.50. The van der Waals surface area contributed by atoms with Gasteiger partial charge in [-0.3, -0.25) is 0 Å². The highest BCUT2D eigenvalue weighted by molar-refractivity contribution is 7.22. The lowest BCUT2D eigenvalue weighted by Gasteiger charge is -2.32. The molecule has 2 aliphatic rings. The molecule has 282 valence electrons.